The fourth-order valence-electron chi connectivity index (χ4n) is 1.80. The average molecular weight is 294 g/mol. The summed E-state index contributed by atoms with van der Waals surface area (Å²) in [5, 5.41) is 2.88. The Labute approximate surface area is 127 Å². The molecule has 1 aromatic rings. The number of nitrogens with one attached hydrogen (secondary N) is 1. The van der Waals surface area contributed by atoms with Gasteiger partial charge in [-0.15, -0.1) is 0 Å². The Kier molecular flexibility index (Phi) is 6.62. The van der Waals surface area contributed by atoms with Gasteiger partial charge in [-0.2, -0.15) is 0 Å². The second-order valence-electron chi connectivity index (χ2n) is 5.68. The first-order valence-corrected chi connectivity index (χ1v) is 7.44. The molecule has 2 heterocycles. The Bertz CT molecular complexity index is 425. The second kappa shape index (κ2) is 7.98. The van der Waals surface area contributed by atoms with Crippen LogP contribution in [0.2, 0.25) is 0 Å². The van der Waals surface area contributed by atoms with Gasteiger partial charge in [-0.25, -0.2) is 4.79 Å². The lowest BCUT2D eigenvalue weighted by Gasteiger charge is -2.23. The van der Waals surface area contributed by atoms with Crippen LogP contribution >= 0.6 is 0 Å². The van der Waals surface area contributed by atoms with Crippen LogP contribution in [0.5, 0.6) is 0 Å². The molecule has 21 heavy (non-hydrogen) atoms. The van der Waals surface area contributed by atoms with Gasteiger partial charge < -0.3 is 14.8 Å². The number of pyridine rings is 1. The van der Waals surface area contributed by atoms with Gasteiger partial charge in [0.05, 0.1) is 12.6 Å². The zero-order valence-electron chi connectivity index (χ0n) is 13.6. The molecule has 0 unspecified atom stereocenters. The third-order valence-electron chi connectivity index (χ3n) is 2.72. The minimum Gasteiger partial charge on any atom is -0.444 e. The number of carbonyl (C=O) groups excluding carboxylic acids is 1. The van der Waals surface area contributed by atoms with Crippen molar-refractivity contribution in [3.63, 3.8) is 0 Å². The van der Waals surface area contributed by atoms with Crippen molar-refractivity contribution in [1.29, 1.82) is 0 Å². The molecule has 1 amide bonds. The summed E-state index contributed by atoms with van der Waals surface area (Å²) < 4.78 is 10.6. The van der Waals surface area contributed by atoms with Crippen molar-refractivity contribution in [2.24, 2.45) is 0 Å². The largest absolute Gasteiger partial charge is 0.444 e. The van der Waals surface area contributed by atoms with E-state index in [2.05, 4.69) is 10.3 Å². The first-order valence-electron chi connectivity index (χ1n) is 7.44. The number of rotatable bonds is 4. The summed E-state index contributed by atoms with van der Waals surface area (Å²) >= 11 is 0. The Hall–Kier alpha value is -1.62. The minimum absolute atomic E-state index is 0.0581. The second-order valence-corrected chi connectivity index (χ2v) is 5.68. The number of alkyl carbamates (subject to hydrolysis) is 1. The smallest absolute Gasteiger partial charge is 0.407 e. The number of amides is 1. The van der Waals surface area contributed by atoms with Gasteiger partial charge in [-0.05, 0) is 44.9 Å². The molecule has 1 saturated heterocycles. The van der Waals surface area contributed by atoms with Crippen LogP contribution in [-0.2, 0) is 15.9 Å². The maximum absolute atomic E-state index is 11.8. The predicted molar refractivity (Wildman–Crippen MR) is 82.2 cm³/mol. The van der Waals surface area contributed by atoms with E-state index < -0.39 is 11.7 Å². The number of epoxide rings is 1. The average Bonchev–Trinajstić information content (AvgIpc) is 3.23. The summed E-state index contributed by atoms with van der Waals surface area (Å²) in [5.41, 5.74) is 0.627. The molecular weight excluding hydrogens is 268 g/mol. The highest BCUT2D eigenvalue weighted by molar-refractivity contribution is 5.68. The molecule has 0 bridgehead atoms. The number of hydrogen-bond acceptors (Lipinski definition) is 4. The van der Waals surface area contributed by atoms with E-state index in [1.54, 1.807) is 12.4 Å². The van der Waals surface area contributed by atoms with Gasteiger partial charge in [0.15, 0.2) is 0 Å². The Morgan fingerprint density at radius 2 is 2.00 bits per heavy atom. The van der Waals surface area contributed by atoms with E-state index in [0.29, 0.717) is 13.0 Å². The molecule has 2 atom stereocenters. The highest BCUT2D eigenvalue weighted by Crippen LogP contribution is 2.18. The van der Waals surface area contributed by atoms with E-state index in [-0.39, 0.29) is 12.1 Å². The van der Waals surface area contributed by atoms with Crippen molar-refractivity contribution >= 4 is 6.09 Å². The van der Waals surface area contributed by atoms with Crippen LogP contribution in [0.15, 0.2) is 24.5 Å². The molecule has 2 rings (SSSR count). The van der Waals surface area contributed by atoms with Crippen molar-refractivity contribution in [2.45, 2.75) is 58.8 Å². The predicted octanol–water partition coefficient (Wildman–Crippen LogP) is 2.94. The van der Waals surface area contributed by atoms with Crippen LogP contribution in [0.1, 0.15) is 40.2 Å². The number of nitrogens with zero attached hydrogens (tertiary/aromatic N) is 1. The highest BCUT2D eigenvalue weighted by Gasteiger charge is 2.34. The summed E-state index contributed by atoms with van der Waals surface area (Å²) in [4.78, 5) is 15.8. The standard InChI is InChI=1S/C14H20N2O3.C2H6/c1-14(2,3)19-13(17)16-11(12-9-18-12)8-10-4-6-15-7-5-10;1-2/h4-7,11-12H,8-9H2,1-3H3,(H,16,17);1-2H3/t11-,12+;/m0./s1. The molecule has 1 aliphatic rings. The first-order chi connectivity index (χ1) is 9.94. The Balaban J connectivity index is 0.00000106. The summed E-state index contributed by atoms with van der Waals surface area (Å²) in [6.45, 7) is 10.2. The van der Waals surface area contributed by atoms with Crippen LogP contribution in [0.3, 0.4) is 0 Å². The molecule has 0 saturated carbocycles. The van der Waals surface area contributed by atoms with Crippen LogP contribution in [0.4, 0.5) is 4.79 Å². The van der Waals surface area contributed by atoms with Gasteiger partial charge in [-0.3, -0.25) is 4.98 Å². The van der Waals surface area contributed by atoms with Crippen molar-refractivity contribution < 1.29 is 14.3 Å². The molecule has 0 aromatic carbocycles. The number of hydrogen-bond donors (Lipinski definition) is 1. The molecule has 1 N–H and O–H groups in total. The maximum Gasteiger partial charge on any atom is 0.407 e. The monoisotopic (exact) mass is 294 g/mol. The third-order valence-corrected chi connectivity index (χ3v) is 2.72. The fraction of sp³-hybridized carbons (Fsp3) is 0.625. The summed E-state index contributed by atoms with van der Waals surface area (Å²) in [6, 6.07) is 3.82. The topological polar surface area (TPSA) is 63.8 Å². The first kappa shape index (κ1) is 17.4. The van der Waals surface area contributed by atoms with Crippen LogP contribution in [0, 0.1) is 0 Å². The van der Waals surface area contributed by atoms with Crippen LogP contribution in [-0.4, -0.2) is 35.4 Å². The highest BCUT2D eigenvalue weighted by atomic mass is 16.6. The lowest BCUT2D eigenvalue weighted by molar-refractivity contribution is 0.0495. The van der Waals surface area contributed by atoms with Crippen molar-refractivity contribution in [3.05, 3.63) is 30.1 Å². The Morgan fingerprint density at radius 1 is 1.43 bits per heavy atom. The van der Waals surface area contributed by atoms with E-state index in [9.17, 15) is 4.79 Å². The number of ether oxygens (including phenoxy) is 2. The molecule has 5 nitrogen and oxygen atoms in total. The van der Waals surface area contributed by atoms with Gasteiger partial charge in [0, 0.05) is 12.4 Å². The molecular formula is C16H26N2O3. The van der Waals surface area contributed by atoms with Crippen LogP contribution < -0.4 is 5.32 Å². The van der Waals surface area contributed by atoms with E-state index in [4.69, 9.17) is 9.47 Å². The maximum atomic E-state index is 11.8. The van der Waals surface area contributed by atoms with E-state index in [1.807, 2.05) is 46.8 Å². The molecule has 1 fully saturated rings. The zero-order chi connectivity index (χ0) is 15.9. The van der Waals surface area contributed by atoms with Gasteiger partial charge in [0.25, 0.3) is 0 Å². The number of carbonyl (C=O) groups is 1. The SMILES string of the molecule is CC.CC(C)(C)OC(=O)N[C@@H](Cc1ccncc1)[C@H]1CO1. The van der Waals surface area contributed by atoms with Gasteiger partial charge in [0.1, 0.15) is 11.7 Å². The van der Waals surface area contributed by atoms with E-state index in [0.717, 1.165) is 5.56 Å². The van der Waals surface area contributed by atoms with E-state index in [1.165, 1.54) is 0 Å². The molecule has 1 aromatic heterocycles. The summed E-state index contributed by atoms with van der Waals surface area (Å²) in [7, 11) is 0. The molecule has 1 aliphatic heterocycles. The summed E-state index contributed by atoms with van der Waals surface area (Å²) in [6.07, 6.45) is 3.89. The van der Waals surface area contributed by atoms with Gasteiger partial charge in [-0.1, -0.05) is 13.8 Å². The van der Waals surface area contributed by atoms with Gasteiger partial charge >= 0.3 is 6.09 Å². The lowest BCUT2D eigenvalue weighted by atomic mass is 10.1. The lowest BCUT2D eigenvalue weighted by Crippen LogP contribution is -2.43. The van der Waals surface area contributed by atoms with Crippen molar-refractivity contribution in [3.8, 4) is 0 Å². The van der Waals surface area contributed by atoms with Crippen LogP contribution in [0.25, 0.3) is 0 Å². The molecule has 0 radical (unpaired) electrons. The zero-order valence-corrected chi connectivity index (χ0v) is 13.6. The molecule has 0 aliphatic carbocycles. The molecule has 5 heteroatoms. The minimum atomic E-state index is -0.490. The van der Waals surface area contributed by atoms with Crippen molar-refractivity contribution in [1.82, 2.24) is 10.3 Å². The quantitative estimate of drug-likeness (QED) is 0.867. The van der Waals surface area contributed by atoms with Gasteiger partial charge in [0.2, 0.25) is 0 Å². The normalized spacial score (nSPS) is 18.0. The fourth-order valence-corrected chi connectivity index (χ4v) is 1.80. The number of aromatic nitrogens is 1. The summed E-state index contributed by atoms with van der Waals surface area (Å²) in [5.74, 6) is 0. The van der Waals surface area contributed by atoms with E-state index >= 15 is 0 Å². The molecule has 118 valence electrons. The van der Waals surface area contributed by atoms with Crippen molar-refractivity contribution in [2.75, 3.05) is 6.61 Å². The Morgan fingerprint density at radius 3 is 2.48 bits per heavy atom. The molecule has 0 spiro atoms. The third kappa shape index (κ3) is 7.09.